The Morgan fingerprint density at radius 3 is 2.35 bits per heavy atom. The normalized spacial score (nSPS) is 11.7. The van der Waals surface area contributed by atoms with Crippen molar-refractivity contribution in [1.82, 2.24) is 23.6 Å². The quantitative estimate of drug-likeness (QED) is 0.720. The first kappa shape index (κ1) is 14.9. The molecule has 0 spiro atoms. The summed E-state index contributed by atoms with van der Waals surface area (Å²) < 4.78 is 4.28. The molecule has 7 nitrogen and oxygen atoms in total. The van der Waals surface area contributed by atoms with E-state index in [4.69, 9.17) is 0 Å². The van der Waals surface area contributed by atoms with Gasteiger partial charge in [-0.2, -0.15) is 0 Å². The van der Waals surface area contributed by atoms with Crippen LogP contribution in [0.25, 0.3) is 11.2 Å². The molecule has 2 heterocycles. The minimum Gasteiger partial charge on any atom is -0.316 e. The van der Waals surface area contributed by atoms with E-state index in [1.165, 1.54) is 11.6 Å². The molecule has 2 aromatic rings. The van der Waals surface area contributed by atoms with Crippen LogP contribution in [0, 0.1) is 0 Å². The molecule has 0 aliphatic rings. The van der Waals surface area contributed by atoms with E-state index >= 15 is 0 Å². The maximum absolute atomic E-state index is 12.2. The summed E-state index contributed by atoms with van der Waals surface area (Å²) in [6.45, 7) is 0.921. The van der Waals surface area contributed by atoms with Crippen molar-refractivity contribution in [2.24, 2.45) is 21.1 Å². The molecular formula is C12H19N5O2S. The highest BCUT2D eigenvalue weighted by atomic mass is 32.2. The summed E-state index contributed by atoms with van der Waals surface area (Å²) in [6, 6.07) is 0. The number of fused-ring (bicyclic) bond motifs is 1. The van der Waals surface area contributed by atoms with E-state index in [-0.39, 0.29) is 11.2 Å². The van der Waals surface area contributed by atoms with Crippen LogP contribution in [-0.4, -0.2) is 50.0 Å². The van der Waals surface area contributed by atoms with Gasteiger partial charge in [-0.3, -0.25) is 13.9 Å². The van der Waals surface area contributed by atoms with Crippen molar-refractivity contribution < 1.29 is 0 Å². The van der Waals surface area contributed by atoms with Gasteiger partial charge in [-0.15, -0.1) is 0 Å². The lowest BCUT2D eigenvalue weighted by Gasteiger charge is -2.08. The smallest absolute Gasteiger partial charge is 0.316 e. The van der Waals surface area contributed by atoms with Crippen molar-refractivity contribution in [3.8, 4) is 0 Å². The molecule has 0 atom stereocenters. The molecule has 20 heavy (non-hydrogen) atoms. The van der Waals surface area contributed by atoms with Gasteiger partial charge in [0, 0.05) is 33.4 Å². The number of thioether (sulfide) groups is 1. The lowest BCUT2D eigenvalue weighted by atomic mass is 10.5. The Morgan fingerprint density at radius 2 is 1.75 bits per heavy atom. The third-order valence-electron chi connectivity index (χ3n) is 3.20. The van der Waals surface area contributed by atoms with Crippen LogP contribution in [0.4, 0.5) is 0 Å². The second-order valence-electron chi connectivity index (χ2n) is 4.98. The van der Waals surface area contributed by atoms with E-state index in [2.05, 4.69) is 9.88 Å². The van der Waals surface area contributed by atoms with Crippen LogP contribution in [0.2, 0.25) is 0 Å². The summed E-state index contributed by atoms with van der Waals surface area (Å²) in [5.41, 5.74) is 0.234. The van der Waals surface area contributed by atoms with Crippen molar-refractivity contribution in [1.29, 1.82) is 0 Å². The fourth-order valence-corrected chi connectivity index (χ4v) is 3.02. The largest absolute Gasteiger partial charge is 0.332 e. The fraction of sp³-hybridized carbons (Fsp3) is 0.583. The minimum absolute atomic E-state index is 0.308. The van der Waals surface area contributed by atoms with Gasteiger partial charge in [0.05, 0.1) is 0 Å². The monoisotopic (exact) mass is 297 g/mol. The van der Waals surface area contributed by atoms with E-state index in [9.17, 15) is 9.59 Å². The van der Waals surface area contributed by atoms with Gasteiger partial charge in [0.15, 0.2) is 16.3 Å². The van der Waals surface area contributed by atoms with Crippen molar-refractivity contribution in [2.75, 3.05) is 26.4 Å². The summed E-state index contributed by atoms with van der Waals surface area (Å²) in [7, 11) is 8.93. The Morgan fingerprint density at radius 1 is 1.10 bits per heavy atom. The molecule has 110 valence electrons. The molecule has 0 saturated carbocycles. The number of nitrogens with zero attached hydrogens (tertiary/aromatic N) is 5. The van der Waals surface area contributed by atoms with Gasteiger partial charge in [-0.25, -0.2) is 9.78 Å². The summed E-state index contributed by atoms with van der Waals surface area (Å²) in [5.74, 6) is 0.873. The minimum atomic E-state index is -0.356. The SMILES string of the molecule is CN(C)CCSc1nc2c(c(=O)n(C)c(=O)n2C)n1C. The van der Waals surface area contributed by atoms with Crippen molar-refractivity contribution in [3.05, 3.63) is 20.8 Å². The van der Waals surface area contributed by atoms with Gasteiger partial charge >= 0.3 is 5.69 Å². The maximum atomic E-state index is 12.2. The third-order valence-corrected chi connectivity index (χ3v) is 4.21. The molecule has 0 saturated heterocycles. The lowest BCUT2D eigenvalue weighted by Crippen LogP contribution is -2.37. The molecular weight excluding hydrogens is 278 g/mol. The topological polar surface area (TPSA) is 65.1 Å². The van der Waals surface area contributed by atoms with E-state index in [0.29, 0.717) is 11.2 Å². The zero-order valence-corrected chi connectivity index (χ0v) is 13.2. The highest BCUT2D eigenvalue weighted by Crippen LogP contribution is 2.19. The first-order chi connectivity index (χ1) is 9.34. The maximum Gasteiger partial charge on any atom is 0.332 e. The van der Waals surface area contributed by atoms with E-state index in [1.54, 1.807) is 30.4 Å². The predicted molar refractivity (Wildman–Crippen MR) is 80.5 cm³/mol. The second-order valence-corrected chi connectivity index (χ2v) is 6.05. The molecule has 0 aromatic carbocycles. The van der Waals surface area contributed by atoms with Gasteiger partial charge in [0.2, 0.25) is 0 Å². The van der Waals surface area contributed by atoms with Crippen LogP contribution >= 0.6 is 11.8 Å². The van der Waals surface area contributed by atoms with Crippen LogP contribution in [-0.2, 0) is 21.1 Å². The average Bonchev–Trinajstić information content (AvgIpc) is 2.71. The highest BCUT2D eigenvalue weighted by Gasteiger charge is 2.16. The van der Waals surface area contributed by atoms with E-state index in [1.807, 2.05) is 14.1 Å². The Labute approximate surface area is 120 Å². The zero-order chi connectivity index (χ0) is 15.0. The standard InChI is InChI=1S/C12H19N5O2S/c1-14(2)6-7-20-11-13-9-8(15(11)3)10(18)17(5)12(19)16(9)4/h6-7H2,1-5H3. The highest BCUT2D eigenvalue weighted by molar-refractivity contribution is 7.99. The number of imidazole rings is 1. The molecule has 0 N–H and O–H groups in total. The van der Waals surface area contributed by atoms with Crippen LogP contribution in [0.3, 0.4) is 0 Å². The second kappa shape index (κ2) is 5.45. The zero-order valence-electron chi connectivity index (χ0n) is 12.4. The molecule has 0 bridgehead atoms. The molecule has 0 unspecified atom stereocenters. The van der Waals surface area contributed by atoms with Gasteiger partial charge < -0.3 is 9.47 Å². The third kappa shape index (κ3) is 2.40. The Balaban J connectivity index is 2.53. The first-order valence-corrected chi connectivity index (χ1v) is 7.23. The number of hydrogen-bond donors (Lipinski definition) is 0. The molecule has 0 aliphatic heterocycles. The summed E-state index contributed by atoms with van der Waals surface area (Å²) >= 11 is 1.58. The molecule has 0 aliphatic carbocycles. The van der Waals surface area contributed by atoms with Crippen LogP contribution < -0.4 is 11.2 Å². The van der Waals surface area contributed by atoms with Crippen LogP contribution in [0.15, 0.2) is 14.7 Å². The Bertz CT molecular complexity index is 756. The van der Waals surface area contributed by atoms with Gasteiger partial charge in [0.25, 0.3) is 5.56 Å². The van der Waals surface area contributed by atoms with Crippen molar-refractivity contribution in [2.45, 2.75) is 5.16 Å². The molecule has 2 rings (SSSR count). The molecule has 0 radical (unpaired) electrons. The Kier molecular flexibility index (Phi) is 4.05. The molecule has 0 amide bonds. The number of aromatic nitrogens is 4. The van der Waals surface area contributed by atoms with Crippen molar-refractivity contribution >= 4 is 22.9 Å². The number of aryl methyl sites for hydroxylation is 2. The summed E-state index contributed by atoms with van der Waals surface area (Å²) in [5, 5.41) is 0.750. The summed E-state index contributed by atoms with van der Waals surface area (Å²) in [4.78, 5) is 30.6. The fourth-order valence-electron chi connectivity index (χ4n) is 1.95. The number of rotatable bonds is 4. The van der Waals surface area contributed by atoms with Gasteiger partial charge in [-0.05, 0) is 14.1 Å². The average molecular weight is 297 g/mol. The van der Waals surface area contributed by atoms with E-state index < -0.39 is 0 Å². The molecule has 0 fully saturated rings. The molecule has 8 heteroatoms. The van der Waals surface area contributed by atoms with E-state index in [0.717, 1.165) is 22.0 Å². The summed E-state index contributed by atoms with van der Waals surface area (Å²) in [6.07, 6.45) is 0. The Hall–Kier alpha value is -1.54. The van der Waals surface area contributed by atoms with Gasteiger partial charge in [-0.1, -0.05) is 11.8 Å². The van der Waals surface area contributed by atoms with Crippen LogP contribution in [0.1, 0.15) is 0 Å². The van der Waals surface area contributed by atoms with Gasteiger partial charge in [0.1, 0.15) is 0 Å². The lowest BCUT2D eigenvalue weighted by molar-refractivity contribution is 0.437. The number of hydrogen-bond acceptors (Lipinski definition) is 5. The first-order valence-electron chi connectivity index (χ1n) is 6.24. The van der Waals surface area contributed by atoms with Crippen molar-refractivity contribution in [3.63, 3.8) is 0 Å². The predicted octanol–water partition coefficient (Wildman–Crippen LogP) is -0.376. The van der Waals surface area contributed by atoms with Crippen LogP contribution in [0.5, 0.6) is 0 Å². The molecule has 2 aromatic heterocycles.